The Balaban J connectivity index is 0. The van der Waals surface area contributed by atoms with Gasteiger partial charge in [-0.1, -0.05) is 39.5 Å². The molecule has 0 saturated heterocycles. The molecule has 2 heterocycles. The molecule has 18 heavy (non-hydrogen) atoms. The van der Waals surface area contributed by atoms with Crippen LogP contribution in [0.15, 0.2) is 11.6 Å². The van der Waals surface area contributed by atoms with Crippen molar-refractivity contribution < 1.29 is 65.4 Å². The zero-order chi connectivity index (χ0) is 12.0. The molecule has 0 aliphatic rings. The Morgan fingerprint density at radius 2 is 1.72 bits per heavy atom. The summed E-state index contributed by atoms with van der Waals surface area (Å²) in [5, 5.41) is 2.03. The molecule has 94 valence electrons. The van der Waals surface area contributed by atoms with Crippen molar-refractivity contribution in [2.75, 3.05) is 0 Å². The first-order valence-corrected chi connectivity index (χ1v) is 6.94. The number of aromatic nitrogens is 2. The Kier molecular flexibility index (Phi) is 14.8. The SMILES string of the molecule is CC(C)c1cn[c-]s1.CC(C)c1cs[c-]n1.[Y].[Y]. The van der Waals surface area contributed by atoms with Gasteiger partial charge < -0.3 is 9.97 Å². The molecule has 0 N–H and O–H groups in total. The van der Waals surface area contributed by atoms with Crippen molar-refractivity contribution >= 4 is 22.7 Å². The van der Waals surface area contributed by atoms with Crippen molar-refractivity contribution in [3.05, 3.63) is 33.2 Å². The van der Waals surface area contributed by atoms with Gasteiger partial charge in [0.25, 0.3) is 0 Å². The molecule has 0 spiro atoms. The standard InChI is InChI=1S/2C6H8NS.2Y/c1-5(2)6-3-8-4-7-6;1-5(2)6-3-7-4-8-6;;/h2*3,5H,1-2H3;;/q2*-1;;. The first kappa shape index (κ1) is 21.8. The molecule has 2 rings (SSSR count). The Morgan fingerprint density at radius 3 is 1.94 bits per heavy atom. The van der Waals surface area contributed by atoms with Crippen molar-refractivity contribution in [3.63, 3.8) is 0 Å². The van der Waals surface area contributed by atoms with Crippen molar-refractivity contribution in [3.8, 4) is 0 Å². The van der Waals surface area contributed by atoms with E-state index in [4.69, 9.17) is 0 Å². The average molecular weight is 430 g/mol. The third kappa shape index (κ3) is 8.60. The molecule has 0 atom stereocenters. The molecule has 0 fully saturated rings. The van der Waals surface area contributed by atoms with Crippen LogP contribution in [0.5, 0.6) is 0 Å². The first-order chi connectivity index (χ1) is 7.61. The van der Waals surface area contributed by atoms with Gasteiger partial charge in [-0.25, -0.2) is 0 Å². The van der Waals surface area contributed by atoms with Gasteiger partial charge in [0, 0.05) is 65.4 Å². The molecule has 0 saturated carbocycles. The summed E-state index contributed by atoms with van der Waals surface area (Å²) in [6, 6.07) is 0. The van der Waals surface area contributed by atoms with Gasteiger partial charge in [0.05, 0.1) is 0 Å². The molecular weight excluding hydrogens is 414 g/mol. The van der Waals surface area contributed by atoms with E-state index < -0.39 is 0 Å². The minimum atomic E-state index is 0. The molecule has 0 aliphatic heterocycles. The molecule has 0 aromatic carbocycles. The molecule has 2 aromatic rings. The summed E-state index contributed by atoms with van der Waals surface area (Å²) in [6.07, 6.45) is 1.87. The van der Waals surface area contributed by atoms with Crippen LogP contribution in [0.2, 0.25) is 0 Å². The first-order valence-electron chi connectivity index (χ1n) is 5.24. The summed E-state index contributed by atoms with van der Waals surface area (Å²) < 4.78 is 0. The Hall–Kier alpha value is 1.47. The van der Waals surface area contributed by atoms with Crippen molar-refractivity contribution in [1.29, 1.82) is 0 Å². The summed E-state index contributed by atoms with van der Waals surface area (Å²) in [7, 11) is 0. The van der Waals surface area contributed by atoms with E-state index in [9.17, 15) is 0 Å². The van der Waals surface area contributed by atoms with Gasteiger partial charge in [0.1, 0.15) is 0 Å². The minimum absolute atomic E-state index is 0. The van der Waals surface area contributed by atoms with E-state index in [1.54, 1.807) is 11.3 Å². The zero-order valence-electron chi connectivity index (χ0n) is 11.2. The van der Waals surface area contributed by atoms with E-state index in [2.05, 4.69) is 48.7 Å². The second-order valence-electron chi connectivity index (χ2n) is 4.03. The van der Waals surface area contributed by atoms with Crippen LogP contribution in [0.3, 0.4) is 0 Å². The number of nitrogens with zero attached hydrogens (tertiary/aromatic N) is 2. The fourth-order valence-corrected chi connectivity index (χ4v) is 2.13. The van der Waals surface area contributed by atoms with Crippen LogP contribution in [0.1, 0.15) is 50.1 Å². The normalized spacial score (nSPS) is 9.22. The van der Waals surface area contributed by atoms with Crippen LogP contribution >= 0.6 is 22.7 Å². The molecule has 0 bridgehead atoms. The predicted molar refractivity (Wildman–Crippen MR) is 70.1 cm³/mol. The van der Waals surface area contributed by atoms with Gasteiger partial charge in [0.15, 0.2) is 0 Å². The van der Waals surface area contributed by atoms with Crippen LogP contribution < -0.4 is 0 Å². The number of hydrogen-bond donors (Lipinski definition) is 0. The molecule has 2 radical (unpaired) electrons. The van der Waals surface area contributed by atoms with E-state index in [1.165, 1.54) is 16.2 Å². The van der Waals surface area contributed by atoms with Crippen molar-refractivity contribution in [2.45, 2.75) is 39.5 Å². The van der Waals surface area contributed by atoms with Crippen molar-refractivity contribution in [2.24, 2.45) is 0 Å². The van der Waals surface area contributed by atoms with Gasteiger partial charge in [-0.3, -0.25) is 22.7 Å². The molecule has 0 aliphatic carbocycles. The average Bonchev–Trinajstić information content (AvgIpc) is 2.93. The Labute approximate surface area is 168 Å². The van der Waals surface area contributed by atoms with E-state index in [0.29, 0.717) is 11.8 Å². The zero-order valence-corrected chi connectivity index (χ0v) is 18.5. The third-order valence-electron chi connectivity index (χ3n) is 1.98. The second-order valence-corrected chi connectivity index (χ2v) is 5.54. The van der Waals surface area contributed by atoms with Crippen molar-refractivity contribution in [1.82, 2.24) is 9.97 Å². The maximum atomic E-state index is 4.01. The fraction of sp³-hybridized carbons (Fsp3) is 0.500. The van der Waals surface area contributed by atoms with Crippen LogP contribution in [0.25, 0.3) is 0 Å². The van der Waals surface area contributed by atoms with Crippen LogP contribution in [-0.4, -0.2) is 9.97 Å². The second kappa shape index (κ2) is 12.2. The van der Waals surface area contributed by atoms with Crippen LogP contribution in [0.4, 0.5) is 0 Å². The summed E-state index contributed by atoms with van der Waals surface area (Å²) in [6.45, 7) is 8.56. The summed E-state index contributed by atoms with van der Waals surface area (Å²) >= 11 is 3.13. The maximum Gasteiger partial charge on any atom is 0 e. The topological polar surface area (TPSA) is 25.8 Å². The number of rotatable bonds is 2. The van der Waals surface area contributed by atoms with Gasteiger partial charge in [-0.15, -0.1) is 22.1 Å². The monoisotopic (exact) mass is 430 g/mol. The Bertz CT molecular complexity index is 334. The quantitative estimate of drug-likeness (QED) is 0.670. The number of thiazole rings is 2. The molecule has 6 heteroatoms. The minimum Gasteiger partial charge on any atom is -0.394 e. The van der Waals surface area contributed by atoms with E-state index in [0.717, 1.165) is 5.69 Å². The van der Waals surface area contributed by atoms with E-state index in [-0.39, 0.29) is 65.4 Å². The molecule has 0 unspecified atom stereocenters. The predicted octanol–water partition coefficient (Wildman–Crippen LogP) is 4.13. The largest absolute Gasteiger partial charge is 0.394 e. The molecule has 2 nitrogen and oxygen atoms in total. The smallest absolute Gasteiger partial charge is 0 e. The van der Waals surface area contributed by atoms with Gasteiger partial charge in [-0.05, 0) is 11.0 Å². The Morgan fingerprint density at radius 1 is 1.06 bits per heavy atom. The molecule has 0 amide bonds. The summed E-state index contributed by atoms with van der Waals surface area (Å²) in [5.41, 5.74) is 6.75. The number of hydrogen-bond acceptors (Lipinski definition) is 4. The fourth-order valence-electron chi connectivity index (χ4n) is 0.920. The van der Waals surface area contributed by atoms with Crippen LogP contribution in [0, 0.1) is 11.0 Å². The van der Waals surface area contributed by atoms with Crippen LogP contribution in [-0.2, 0) is 65.4 Å². The van der Waals surface area contributed by atoms with Gasteiger partial charge >= 0.3 is 0 Å². The van der Waals surface area contributed by atoms with E-state index in [1.807, 2.05) is 11.6 Å². The summed E-state index contributed by atoms with van der Waals surface area (Å²) in [5.74, 6) is 1.16. The third-order valence-corrected chi connectivity index (χ3v) is 3.54. The van der Waals surface area contributed by atoms with E-state index >= 15 is 0 Å². The molecular formula is C12H16N2S2Y2-2. The van der Waals surface area contributed by atoms with Gasteiger partial charge in [-0.2, -0.15) is 0 Å². The summed E-state index contributed by atoms with van der Waals surface area (Å²) in [4.78, 5) is 9.16. The molecule has 2 aromatic heterocycles. The maximum absolute atomic E-state index is 4.01. The van der Waals surface area contributed by atoms with Gasteiger partial charge in [0.2, 0.25) is 0 Å².